The predicted octanol–water partition coefficient (Wildman–Crippen LogP) is 4.14. The van der Waals surface area contributed by atoms with E-state index in [2.05, 4.69) is 4.98 Å². The Morgan fingerprint density at radius 1 is 0.897 bits per heavy atom. The van der Waals surface area contributed by atoms with Crippen molar-refractivity contribution in [1.82, 2.24) is 9.55 Å². The van der Waals surface area contributed by atoms with E-state index in [0.717, 1.165) is 21.9 Å². The quantitative estimate of drug-likeness (QED) is 0.504. The summed E-state index contributed by atoms with van der Waals surface area (Å²) in [7, 11) is 0. The number of carbonyl (C=O) groups is 2. The number of hydrogen-bond acceptors (Lipinski definition) is 4. The molecule has 0 atom stereocenters. The summed E-state index contributed by atoms with van der Waals surface area (Å²) in [5.41, 5.74) is 2.85. The SMILES string of the molecule is O=C(O)c1ccc(Cc2ccc3ccc(C(=O)OCn4ccnc4)cc3c2)cc1. The zero-order valence-corrected chi connectivity index (χ0v) is 15.5. The van der Waals surface area contributed by atoms with Gasteiger partial charge in [0.15, 0.2) is 6.73 Å². The molecule has 6 heteroatoms. The Hall–Kier alpha value is -3.93. The maximum atomic E-state index is 12.3. The minimum Gasteiger partial charge on any atom is -0.478 e. The van der Waals surface area contributed by atoms with Crippen molar-refractivity contribution < 1.29 is 19.4 Å². The molecule has 0 spiro atoms. The van der Waals surface area contributed by atoms with Crippen molar-refractivity contribution in [2.24, 2.45) is 0 Å². The molecule has 0 saturated carbocycles. The van der Waals surface area contributed by atoms with Crippen LogP contribution in [0.1, 0.15) is 31.8 Å². The maximum absolute atomic E-state index is 12.3. The van der Waals surface area contributed by atoms with E-state index in [9.17, 15) is 9.59 Å². The molecule has 1 aromatic heterocycles. The van der Waals surface area contributed by atoms with E-state index >= 15 is 0 Å². The summed E-state index contributed by atoms with van der Waals surface area (Å²) in [5, 5.41) is 11.0. The standard InChI is InChI=1S/C23H18N2O4/c26-22(27)19-5-1-16(2-6-19)11-17-3-4-18-7-8-20(13-21(18)12-17)23(28)29-15-25-10-9-24-14-25/h1-10,12-14H,11,15H2,(H,26,27). The number of rotatable bonds is 6. The van der Waals surface area contributed by atoms with Crippen molar-refractivity contribution in [3.8, 4) is 0 Å². The summed E-state index contributed by atoms with van der Waals surface area (Å²) in [6.07, 6.45) is 5.61. The number of nitrogens with zero attached hydrogens (tertiary/aromatic N) is 2. The van der Waals surface area contributed by atoms with E-state index in [1.807, 2.05) is 42.5 Å². The van der Waals surface area contributed by atoms with Gasteiger partial charge in [0.25, 0.3) is 0 Å². The minimum atomic E-state index is -0.935. The molecule has 4 rings (SSSR count). The minimum absolute atomic E-state index is 0.114. The number of esters is 1. The third-order valence-electron chi connectivity index (χ3n) is 4.65. The lowest BCUT2D eigenvalue weighted by atomic mass is 9.99. The Bertz CT molecular complexity index is 1170. The average molecular weight is 386 g/mol. The molecule has 0 amide bonds. The van der Waals surface area contributed by atoms with Crippen molar-refractivity contribution in [1.29, 1.82) is 0 Å². The number of fused-ring (bicyclic) bond motifs is 1. The van der Waals surface area contributed by atoms with Gasteiger partial charge >= 0.3 is 11.9 Å². The number of carboxylic acid groups (broad SMARTS) is 1. The van der Waals surface area contributed by atoms with Crippen LogP contribution in [0.3, 0.4) is 0 Å². The van der Waals surface area contributed by atoms with Crippen LogP contribution in [0.2, 0.25) is 0 Å². The molecule has 4 aromatic rings. The summed E-state index contributed by atoms with van der Waals surface area (Å²) in [4.78, 5) is 27.2. The molecular weight excluding hydrogens is 368 g/mol. The number of carboxylic acids is 1. The van der Waals surface area contributed by atoms with Crippen LogP contribution in [0.5, 0.6) is 0 Å². The van der Waals surface area contributed by atoms with Gasteiger partial charge in [-0.3, -0.25) is 0 Å². The van der Waals surface area contributed by atoms with Gasteiger partial charge in [-0.1, -0.05) is 36.4 Å². The molecule has 0 aliphatic carbocycles. The fourth-order valence-electron chi connectivity index (χ4n) is 3.11. The van der Waals surface area contributed by atoms with E-state index in [0.29, 0.717) is 12.0 Å². The van der Waals surface area contributed by atoms with Gasteiger partial charge in [0.05, 0.1) is 17.5 Å². The van der Waals surface area contributed by atoms with Crippen LogP contribution in [0.4, 0.5) is 0 Å². The Morgan fingerprint density at radius 3 is 2.34 bits per heavy atom. The molecular formula is C23H18N2O4. The number of ether oxygens (including phenoxy) is 1. The van der Waals surface area contributed by atoms with Gasteiger partial charge < -0.3 is 14.4 Å². The summed E-state index contributed by atoms with van der Waals surface area (Å²) in [5.74, 6) is -1.33. The first-order chi connectivity index (χ1) is 14.1. The van der Waals surface area contributed by atoms with Crippen LogP contribution in [0.25, 0.3) is 10.8 Å². The van der Waals surface area contributed by atoms with Crippen LogP contribution >= 0.6 is 0 Å². The molecule has 0 unspecified atom stereocenters. The topological polar surface area (TPSA) is 81.4 Å². The van der Waals surface area contributed by atoms with Gasteiger partial charge in [-0.05, 0) is 52.6 Å². The molecule has 3 aromatic carbocycles. The van der Waals surface area contributed by atoms with Gasteiger partial charge in [-0.15, -0.1) is 0 Å². The number of aromatic nitrogens is 2. The van der Waals surface area contributed by atoms with E-state index in [-0.39, 0.29) is 12.3 Å². The number of hydrogen-bond donors (Lipinski definition) is 1. The lowest BCUT2D eigenvalue weighted by Gasteiger charge is -2.08. The molecule has 0 bridgehead atoms. The van der Waals surface area contributed by atoms with E-state index in [1.54, 1.807) is 41.5 Å². The maximum Gasteiger partial charge on any atom is 0.339 e. The molecule has 1 N–H and O–H groups in total. The molecule has 1 heterocycles. The van der Waals surface area contributed by atoms with Gasteiger partial charge in [0.2, 0.25) is 0 Å². The molecule has 0 radical (unpaired) electrons. The lowest BCUT2D eigenvalue weighted by Crippen LogP contribution is -2.08. The number of carbonyl (C=O) groups excluding carboxylic acids is 1. The number of imidazole rings is 1. The van der Waals surface area contributed by atoms with Gasteiger partial charge in [-0.25, -0.2) is 14.6 Å². The highest BCUT2D eigenvalue weighted by molar-refractivity contribution is 5.95. The lowest BCUT2D eigenvalue weighted by molar-refractivity contribution is 0.0372. The molecule has 0 fully saturated rings. The Kier molecular flexibility index (Phi) is 5.07. The Labute approximate surface area is 167 Å². The fraction of sp³-hybridized carbons (Fsp3) is 0.0870. The summed E-state index contributed by atoms with van der Waals surface area (Å²) < 4.78 is 6.99. The monoisotopic (exact) mass is 386 g/mol. The Morgan fingerprint density at radius 2 is 1.62 bits per heavy atom. The highest BCUT2D eigenvalue weighted by atomic mass is 16.5. The predicted molar refractivity (Wildman–Crippen MR) is 108 cm³/mol. The summed E-state index contributed by atoms with van der Waals surface area (Å²) in [6.45, 7) is 0.114. The molecule has 0 aliphatic heterocycles. The third kappa shape index (κ3) is 4.32. The van der Waals surface area contributed by atoms with E-state index < -0.39 is 11.9 Å². The largest absolute Gasteiger partial charge is 0.478 e. The summed E-state index contributed by atoms with van der Waals surface area (Å²) in [6, 6.07) is 18.4. The molecule has 0 saturated heterocycles. The van der Waals surface area contributed by atoms with Crippen LogP contribution < -0.4 is 0 Å². The fourth-order valence-corrected chi connectivity index (χ4v) is 3.11. The number of aromatic carboxylic acids is 1. The highest BCUT2D eigenvalue weighted by Crippen LogP contribution is 2.21. The van der Waals surface area contributed by atoms with Gasteiger partial charge in [0.1, 0.15) is 0 Å². The molecule has 29 heavy (non-hydrogen) atoms. The molecule has 144 valence electrons. The third-order valence-corrected chi connectivity index (χ3v) is 4.65. The van der Waals surface area contributed by atoms with Crippen LogP contribution in [-0.4, -0.2) is 26.6 Å². The van der Waals surface area contributed by atoms with Crippen molar-refractivity contribution in [2.75, 3.05) is 0 Å². The van der Waals surface area contributed by atoms with Crippen molar-refractivity contribution in [3.05, 3.63) is 102 Å². The second-order valence-corrected chi connectivity index (χ2v) is 6.71. The zero-order chi connectivity index (χ0) is 20.2. The first-order valence-electron chi connectivity index (χ1n) is 9.06. The Balaban J connectivity index is 1.51. The van der Waals surface area contributed by atoms with Crippen LogP contribution in [0.15, 0.2) is 79.4 Å². The smallest absolute Gasteiger partial charge is 0.339 e. The normalized spacial score (nSPS) is 10.8. The van der Waals surface area contributed by atoms with E-state index in [1.165, 1.54) is 0 Å². The van der Waals surface area contributed by atoms with Crippen molar-refractivity contribution >= 4 is 22.7 Å². The second kappa shape index (κ2) is 7.98. The van der Waals surface area contributed by atoms with Gasteiger partial charge in [0, 0.05) is 12.4 Å². The van der Waals surface area contributed by atoms with Crippen molar-refractivity contribution in [2.45, 2.75) is 13.2 Å². The molecule has 6 nitrogen and oxygen atoms in total. The van der Waals surface area contributed by atoms with Crippen molar-refractivity contribution in [3.63, 3.8) is 0 Å². The van der Waals surface area contributed by atoms with E-state index in [4.69, 9.17) is 9.84 Å². The zero-order valence-electron chi connectivity index (χ0n) is 15.5. The second-order valence-electron chi connectivity index (χ2n) is 6.71. The average Bonchev–Trinajstić information content (AvgIpc) is 3.25. The van der Waals surface area contributed by atoms with Crippen LogP contribution in [-0.2, 0) is 17.9 Å². The number of benzene rings is 3. The summed E-state index contributed by atoms with van der Waals surface area (Å²) >= 11 is 0. The van der Waals surface area contributed by atoms with Gasteiger partial charge in [-0.2, -0.15) is 0 Å². The molecule has 0 aliphatic rings. The first kappa shape index (κ1) is 18.4. The van der Waals surface area contributed by atoms with Crippen LogP contribution in [0, 0.1) is 0 Å². The highest BCUT2D eigenvalue weighted by Gasteiger charge is 2.09. The first-order valence-corrected chi connectivity index (χ1v) is 9.06.